The summed E-state index contributed by atoms with van der Waals surface area (Å²) in [6.45, 7) is 1.63. The number of ether oxygens (including phenoxy) is 1. The predicted octanol–water partition coefficient (Wildman–Crippen LogP) is 2.10. The third kappa shape index (κ3) is 3.00. The zero-order valence-corrected chi connectivity index (χ0v) is 12.7. The van der Waals surface area contributed by atoms with E-state index in [0.29, 0.717) is 11.6 Å². The highest BCUT2D eigenvalue weighted by Gasteiger charge is 2.27. The Morgan fingerprint density at radius 2 is 2.09 bits per heavy atom. The van der Waals surface area contributed by atoms with Gasteiger partial charge in [0.15, 0.2) is 5.65 Å². The first-order valence-corrected chi connectivity index (χ1v) is 7.86. The molecular formula is C16H18N6O. The van der Waals surface area contributed by atoms with Gasteiger partial charge < -0.3 is 10.1 Å². The fourth-order valence-electron chi connectivity index (χ4n) is 3.04. The van der Waals surface area contributed by atoms with Crippen molar-refractivity contribution in [3.8, 4) is 0 Å². The topological polar surface area (TPSA) is 77.2 Å². The van der Waals surface area contributed by atoms with Crippen molar-refractivity contribution < 1.29 is 4.74 Å². The van der Waals surface area contributed by atoms with Crippen LogP contribution in [0.3, 0.4) is 0 Å². The maximum Gasteiger partial charge on any atom is 0.200 e. The van der Waals surface area contributed by atoms with E-state index in [0.717, 1.165) is 31.8 Å². The van der Waals surface area contributed by atoms with E-state index in [4.69, 9.17) is 4.74 Å². The van der Waals surface area contributed by atoms with Crippen molar-refractivity contribution in [2.45, 2.75) is 18.9 Å². The summed E-state index contributed by atoms with van der Waals surface area (Å²) < 4.78 is 7.45. The number of fused-ring (bicyclic) bond motifs is 1. The molecule has 1 N–H and O–H groups in total. The second kappa shape index (κ2) is 6.29. The van der Waals surface area contributed by atoms with Gasteiger partial charge in [-0.15, -0.1) is 14.8 Å². The Balaban J connectivity index is 1.47. The molecule has 0 bridgehead atoms. The van der Waals surface area contributed by atoms with Gasteiger partial charge in [-0.25, -0.2) is 0 Å². The van der Waals surface area contributed by atoms with Gasteiger partial charge in [0.25, 0.3) is 0 Å². The van der Waals surface area contributed by atoms with Gasteiger partial charge in [0.1, 0.15) is 5.82 Å². The van der Waals surface area contributed by atoms with Crippen LogP contribution in [-0.4, -0.2) is 38.4 Å². The van der Waals surface area contributed by atoms with Gasteiger partial charge in [0.05, 0.1) is 6.10 Å². The number of anilines is 1. The molecule has 2 unspecified atom stereocenters. The number of nitrogens with zero attached hydrogens (tertiary/aromatic N) is 5. The first-order chi connectivity index (χ1) is 11.4. The van der Waals surface area contributed by atoms with Gasteiger partial charge in [-0.1, -0.05) is 30.3 Å². The molecule has 3 heterocycles. The summed E-state index contributed by atoms with van der Waals surface area (Å²) in [5, 5.41) is 19.0. The summed E-state index contributed by atoms with van der Waals surface area (Å²) in [5.74, 6) is 1.18. The fraction of sp³-hybridized carbons (Fsp3) is 0.375. The van der Waals surface area contributed by atoms with Crippen molar-refractivity contribution in [2.24, 2.45) is 5.92 Å². The molecular weight excluding hydrogens is 292 g/mol. The molecule has 1 fully saturated rings. The van der Waals surface area contributed by atoms with Crippen LogP contribution in [0, 0.1) is 5.92 Å². The van der Waals surface area contributed by atoms with Gasteiger partial charge in [-0.05, 0) is 41.0 Å². The summed E-state index contributed by atoms with van der Waals surface area (Å²) in [5.41, 5.74) is 1.88. The highest BCUT2D eigenvalue weighted by molar-refractivity contribution is 5.42. The van der Waals surface area contributed by atoms with Gasteiger partial charge in [-0.3, -0.25) is 0 Å². The highest BCUT2D eigenvalue weighted by Crippen LogP contribution is 2.33. The number of hydrogen-bond donors (Lipinski definition) is 1. The SMILES string of the molecule is c1ccc(C2OCCCC2CNc2ccc3nnnn3n2)cc1. The van der Waals surface area contributed by atoms with Crippen LogP contribution in [0.25, 0.3) is 5.65 Å². The third-order valence-electron chi connectivity index (χ3n) is 4.19. The average Bonchev–Trinajstić information content (AvgIpc) is 3.09. The first kappa shape index (κ1) is 14.1. The van der Waals surface area contributed by atoms with Gasteiger partial charge >= 0.3 is 0 Å². The molecule has 2 aromatic heterocycles. The molecule has 2 atom stereocenters. The Morgan fingerprint density at radius 3 is 3.00 bits per heavy atom. The molecule has 7 heteroatoms. The van der Waals surface area contributed by atoms with Crippen LogP contribution in [0.15, 0.2) is 42.5 Å². The number of rotatable bonds is 4. The lowest BCUT2D eigenvalue weighted by molar-refractivity contribution is -0.0238. The maximum atomic E-state index is 6.02. The molecule has 3 aromatic rings. The van der Waals surface area contributed by atoms with Crippen LogP contribution in [0.1, 0.15) is 24.5 Å². The molecule has 1 saturated heterocycles. The Bertz CT molecular complexity index is 774. The zero-order valence-electron chi connectivity index (χ0n) is 12.7. The minimum atomic E-state index is 0.134. The Hall–Kier alpha value is -2.54. The summed E-state index contributed by atoms with van der Waals surface area (Å²) in [7, 11) is 0. The molecule has 7 nitrogen and oxygen atoms in total. The van der Waals surface area contributed by atoms with Crippen molar-refractivity contribution in [3.63, 3.8) is 0 Å². The van der Waals surface area contributed by atoms with Crippen LogP contribution >= 0.6 is 0 Å². The van der Waals surface area contributed by atoms with Crippen LogP contribution in [-0.2, 0) is 4.74 Å². The molecule has 0 radical (unpaired) electrons. The van der Waals surface area contributed by atoms with E-state index in [-0.39, 0.29) is 6.10 Å². The van der Waals surface area contributed by atoms with E-state index in [1.165, 1.54) is 10.2 Å². The van der Waals surface area contributed by atoms with Crippen LogP contribution < -0.4 is 5.32 Å². The molecule has 0 aliphatic carbocycles. The van der Waals surface area contributed by atoms with Gasteiger partial charge in [-0.2, -0.15) is 0 Å². The molecule has 1 aliphatic heterocycles. The molecule has 0 saturated carbocycles. The molecule has 1 aromatic carbocycles. The van der Waals surface area contributed by atoms with Crippen LogP contribution in [0.4, 0.5) is 5.82 Å². The molecule has 1 aliphatic rings. The van der Waals surface area contributed by atoms with E-state index in [1.54, 1.807) is 0 Å². The fourth-order valence-corrected chi connectivity index (χ4v) is 3.04. The number of aromatic nitrogens is 5. The third-order valence-corrected chi connectivity index (χ3v) is 4.19. The first-order valence-electron chi connectivity index (χ1n) is 7.86. The predicted molar refractivity (Wildman–Crippen MR) is 84.9 cm³/mol. The van der Waals surface area contributed by atoms with Crippen molar-refractivity contribution in [1.29, 1.82) is 0 Å². The Kier molecular flexibility index (Phi) is 3.85. The Labute approximate surface area is 133 Å². The van der Waals surface area contributed by atoms with Crippen molar-refractivity contribution in [1.82, 2.24) is 25.3 Å². The smallest absolute Gasteiger partial charge is 0.200 e. The molecule has 23 heavy (non-hydrogen) atoms. The van der Waals surface area contributed by atoms with Gasteiger partial charge in [0, 0.05) is 19.1 Å². The molecule has 118 valence electrons. The molecule has 0 spiro atoms. The molecule has 0 amide bonds. The second-order valence-corrected chi connectivity index (χ2v) is 5.73. The lowest BCUT2D eigenvalue weighted by atomic mass is 9.89. The average molecular weight is 310 g/mol. The lowest BCUT2D eigenvalue weighted by Crippen LogP contribution is -2.28. The maximum absolute atomic E-state index is 6.02. The number of tetrazole rings is 1. The normalized spacial score (nSPS) is 21.4. The van der Waals surface area contributed by atoms with Crippen LogP contribution in [0.5, 0.6) is 0 Å². The summed E-state index contributed by atoms with van der Waals surface area (Å²) >= 11 is 0. The highest BCUT2D eigenvalue weighted by atomic mass is 16.5. The largest absolute Gasteiger partial charge is 0.373 e. The minimum absolute atomic E-state index is 0.134. The standard InChI is InChI=1S/C16H18N6O/c1-2-5-12(6-3-1)16-13(7-4-10-23-16)11-17-14-8-9-15-18-20-21-22(15)19-14/h1-3,5-6,8-9,13,16H,4,7,10-11H2,(H,17,19). The Morgan fingerprint density at radius 1 is 1.17 bits per heavy atom. The lowest BCUT2D eigenvalue weighted by Gasteiger charge is -2.32. The quantitative estimate of drug-likeness (QED) is 0.795. The zero-order chi connectivity index (χ0) is 15.5. The number of benzene rings is 1. The second-order valence-electron chi connectivity index (χ2n) is 5.73. The number of hydrogen-bond acceptors (Lipinski definition) is 6. The van der Waals surface area contributed by atoms with Crippen LogP contribution in [0.2, 0.25) is 0 Å². The molecule has 4 rings (SSSR count). The van der Waals surface area contributed by atoms with Gasteiger partial charge in [0.2, 0.25) is 0 Å². The van der Waals surface area contributed by atoms with Crippen molar-refractivity contribution >= 4 is 11.5 Å². The van der Waals surface area contributed by atoms with E-state index in [2.05, 4.69) is 50.2 Å². The summed E-state index contributed by atoms with van der Waals surface area (Å²) in [6.07, 6.45) is 2.36. The minimum Gasteiger partial charge on any atom is -0.373 e. The van der Waals surface area contributed by atoms with E-state index in [1.807, 2.05) is 18.2 Å². The number of nitrogens with one attached hydrogen (secondary N) is 1. The van der Waals surface area contributed by atoms with E-state index >= 15 is 0 Å². The monoisotopic (exact) mass is 310 g/mol. The van der Waals surface area contributed by atoms with Crippen molar-refractivity contribution in [3.05, 3.63) is 48.0 Å². The summed E-state index contributed by atoms with van der Waals surface area (Å²) in [4.78, 5) is 0. The van der Waals surface area contributed by atoms with Crippen molar-refractivity contribution in [2.75, 3.05) is 18.5 Å². The van der Waals surface area contributed by atoms with E-state index in [9.17, 15) is 0 Å². The van der Waals surface area contributed by atoms with E-state index < -0.39 is 0 Å². The summed E-state index contributed by atoms with van der Waals surface area (Å²) in [6, 6.07) is 14.2.